The number of hydrogen-bond donors (Lipinski definition) is 1. The molecule has 0 saturated heterocycles. The summed E-state index contributed by atoms with van der Waals surface area (Å²) in [5.41, 5.74) is 1.58. The van der Waals surface area contributed by atoms with E-state index in [0.717, 1.165) is 5.56 Å². The zero-order chi connectivity index (χ0) is 13.4. The van der Waals surface area contributed by atoms with E-state index >= 15 is 0 Å². The number of methoxy groups -OCH3 is 1. The van der Waals surface area contributed by atoms with E-state index in [1.807, 2.05) is 31.2 Å². The molecule has 0 aliphatic rings. The lowest BCUT2D eigenvalue weighted by atomic mass is 10.1. The number of rotatable bonds is 7. The summed E-state index contributed by atoms with van der Waals surface area (Å²) in [6.07, 6.45) is 0.603. The first-order valence-corrected chi connectivity index (χ1v) is 6.21. The van der Waals surface area contributed by atoms with Gasteiger partial charge in [-0.1, -0.05) is 18.2 Å². The van der Waals surface area contributed by atoms with Gasteiger partial charge in [-0.2, -0.15) is 0 Å². The van der Waals surface area contributed by atoms with E-state index in [1.165, 1.54) is 0 Å². The van der Waals surface area contributed by atoms with Gasteiger partial charge in [0.25, 0.3) is 5.91 Å². The first-order chi connectivity index (χ1) is 8.74. The lowest BCUT2D eigenvalue weighted by molar-refractivity contribution is 0.0749. The molecule has 1 aromatic rings. The third-order valence-corrected chi connectivity index (χ3v) is 2.80. The molecule has 0 aliphatic heterocycles. The first-order valence-electron chi connectivity index (χ1n) is 6.21. The molecule has 4 nitrogen and oxygen atoms in total. The monoisotopic (exact) mass is 251 g/mol. The van der Waals surface area contributed by atoms with Crippen molar-refractivity contribution in [3.63, 3.8) is 0 Å². The van der Waals surface area contributed by atoms with Crippen LogP contribution in [0.2, 0.25) is 0 Å². The van der Waals surface area contributed by atoms with Crippen LogP contribution in [0.5, 0.6) is 0 Å². The SMILES string of the molecule is CCN(CCCO)C(=O)c1ccccc1COC. The summed E-state index contributed by atoms with van der Waals surface area (Å²) in [5, 5.41) is 8.84. The Kier molecular flexibility index (Phi) is 6.39. The number of amides is 1. The van der Waals surface area contributed by atoms with Gasteiger partial charge < -0.3 is 14.7 Å². The Hall–Kier alpha value is -1.39. The summed E-state index contributed by atoms with van der Waals surface area (Å²) in [6.45, 7) is 3.68. The maximum Gasteiger partial charge on any atom is 0.254 e. The highest BCUT2D eigenvalue weighted by atomic mass is 16.5. The maximum absolute atomic E-state index is 12.4. The van der Waals surface area contributed by atoms with Crippen LogP contribution in [0.25, 0.3) is 0 Å². The maximum atomic E-state index is 12.4. The van der Waals surface area contributed by atoms with Crippen molar-refractivity contribution in [2.24, 2.45) is 0 Å². The van der Waals surface area contributed by atoms with E-state index in [2.05, 4.69) is 0 Å². The van der Waals surface area contributed by atoms with Crippen LogP contribution in [-0.4, -0.2) is 42.7 Å². The zero-order valence-electron chi connectivity index (χ0n) is 11.1. The minimum absolute atomic E-state index is 0.00130. The molecule has 0 aliphatic carbocycles. The summed E-state index contributed by atoms with van der Waals surface area (Å²) >= 11 is 0. The molecular formula is C14H21NO3. The average molecular weight is 251 g/mol. The van der Waals surface area contributed by atoms with Gasteiger partial charge >= 0.3 is 0 Å². The van der Waals surface area contributed by atoms with Crippen LogP contribution in [0.3, 0.4) is 0 Å². The van der Waals surface area contributed by atoms with Crippen LogP contribution in [0.1, 0.15) is 29.3 Å². The van der Waals surface area contributed by atoms with Crippen LogP contribution in [0.4, 0.5) is 0 Å². The Morgan fingerprint density at radius 2 is 2.11 bits per heavy atom. The second-order valence-electron chi connectivity index (χ2n) is 4.05. The van der Waals surface area contributed by atoms with Crippen molar-refractivity contribution in [3.05, 3.63) is 35.4 Å². The highest BCUT2D eigenvalue weighted by molar-refractivity contribution is 5.95. The summed E-state index contributed by atoms with van der Waals surface area (Å²) in [7, 11) is 1.62. The fraction of sp³-hybridized carbons (Fsp3) is 0.500. The van der Waals surface area contributed by atoms with Crippen molar-refractivity contribution < 1.29 is 14.6 Å². The summed E-state index contributed by atoms with van der Waals surface area (Å²) in [4.78, 5) is 14.1. The van der Waals surface area contributed by atoms with Gasteiger partial charge in [-0.15, -0.1) is 0 Å². The van der Waals surface area contributed by atoms with Gasteiger partial charge in [0.05, 0.1) is 6.61 Å². The largest absolute Gasteiger partial charge is 0.396 e. The topological polar surface area (TPSA) is 49.8 Å². The molecule has 0 unspecified atom stereocenters. The van der Waals surface area contributed by atoms with Gasteiger partial charge in [0.15, 0.2) is 0 Å². The number of nitrogens with zero attached hydrogens (tertiary/aromatic N) is 1. The lowest BCUT2D eigenvalue weighted by Crippen LogP contribution is -2.32. The van der Waals surface area contributed by atoms with Crippen LogP contribution in [0.15, 0.2) is 24.3 Å². The van der Waals surface area contributed by atoms with E-state index in [1.54, 1.807) is 12.0 Å². The molecule has 1 rings (SSSR count). The van der Waals surface area contributed by atoms with Gasteiger partial charge in [0.1, 0.15) is 0 Å². The van der Waals surface area contributed by atoms with Crippen molar-refractivity contribution in [2.45, 2.75) is 20.0 Å². The molecule has 0 bridgehead atoms. The van der Waals surface area contributed by atoms with Crippen molar-refractivity contribution >= 4 is 5.91 Å². The molecule has 100 valence electrons. The second-order valence-corrected chi connectivity index (χ2v) is 4.05. The number of hydrogen-bond acceptors (Lipinski definition) is 3. The van der Waals surface area contributed by atoms with E-state index in [4.69, 9.17) is 9.84 Å². The number of carbonyl (C=O) groups excluding carboxylic acids is 1. The number of aliphatic hydroxyl groups is 1. The molecule has 1 aromatic carbocycles. The van der Waals surface area contributed by atoms with Gasteiger partial charge in [-0.05, 0) is 25.0 Å². The minimum Gasteiger partial charge on any atom is -0.396 e. The van der Waals surface area contributed by atoms with Crippen LogP contribution in [-0.2, 0) is 11.3 Å². The number of benzene rings is 1. The molecule has 0 saturated carbocycles. The van der Waals surface area contributed by atoms with Crippen molar-refractivity contribution in [2.75, 3.05) is 26.8 Å². The number of aliphatic hydroxyl groups excluding tert-OH is 1. The van der Waals surface area contributed by atoms with Gasteiger partial charge in [0.2, 0.25) is 0 Å². The quantitative estimate of drug-likeness (QED) is 0.802. The van der Waals surface area contributed by atoms with Crippen LogP contribution < -0.4 is 0 Å². The Morgan fingerprint density at radius 3 is 2.72 bits per heavy atom. The highest BCUT2D eigenvalue weighted by Crippen LogP contribution is 2.13. The van der Waals surface area contributed by atoms with E-state index < -0.39 is 0 Å². The first kappa shape index (κ1) is 14.7. The third kappa shape index (κ3) is 3.82. The zero-order valence-corrected chi connectivity index (χ0v) is 11.1. The fourth-order valence-corrected chi connectivity index (χ4v) is 1.85. The summed E-state index contributed by atoms with van der Waals surface area (Å²) < 4.78 is 5.10. The van der Waals surface area contributed by atoms with Crippen molar-refractivity contribution in [1.82, 2.24) is 4.90 Å². The molecular weight excluding hydrogens is 230 g/mol. The van der Waals surface area contributed by atoms with Crippen LogP contribution in [0, 0.1) is 0 Å². The molecule has 0 fully saturated rings. The molecule has 0 aromatic heterocycles. The molecule has 0 radical (unpaired) electrons. The molecule has 1 amide bonds. The van der Waals surface area contributed by atoms with E-state index in [9.17, 15) is 4.79 Å². The summed E-state index contributed by atoms with van der Waals surface area (Å²) in [6, 6.07) is 7.47. The molecule has 0 spiro atoms. The smallest absolute Gasteiger partial charge is 0.254 e. The Labute approximate surface area is 108 Å². The molecule has 0 atom stereocenters. The van der Waals surface area contributed by atoms with Crippen molar-refractivity contribution in [1.29, 1.82) is 0 Å². The number of ether oxygens (including phenoxy) is 1. The van der Waals surface area contributed by atoms with Gasteiger partial charge in [-0.3, -0.25) is 4.79 Å². The Balaban J connectivity index is 2.86. The molecule has 18 heavy (non-hydrogen) atoms. The lowest BCUT2D eigenvalue weighted by Gasteiger charge is -2.21. The molecule has 0 heterocycles. The van der Waals surface area contributed by atoms with E-state index in [-0.39, 0.29) is 12.5 Å². The molecule has 1 N–H and O–H groups in total. The predicted molar refractivity (Wildman–Crippen MR) is 70.4 cm³/mol. The van der Waals surface area contributed by atoms with E-state index in [0.29, 0.717) is 31.7 Å². The minimum atomic E-state index is -0.00130. The normalized spacial score (nSPS) is 10.4. The predicted octanol–water partition coefficient (Wildman–Crippen LogP) is 1.68. The average Bonchev–Trinajstić information content (AvgIpc) is 2.40. The third-order valence-electron chi connectivity index (χ3n) is 2.80. The van der Waals surface area contributed by atoms with Crippen LogP contribution >= 0.6 is 0 Å². The van der Waals surface area contributed by atoms with Gasteiger partial charge in [-0.25, -0.2) is 0 Å². The Morgan fingerprint density at radius 1 is 1.39 bits per heavy atom. The van der Waals surface area contributed by atoms with Gasteiger partial charge in [0, 0.05) is 32.4 Å². The molecule has 4 heteroatoms. The fourth-order valence-electron chi connectivity index (χ4n) is 1.85. The Bertz CT molecular complexity index is 379. The highest BCUT2D eigenvalue weighted by Gasteiger charge is 2.16. The number of carbonyl (C=O) groups is 1. The van der Waals surface area contributed by atoms with Crippen molar-refractivity contribution in [3.8, 4) is 0 Å². The standard InChI is InChI=1S/C14H21NO3/c1-3-15(9-6-10-16)14(17)13-8-5-4-7-12(13)11-18-2/h4-5,7-8,16H,3,6,9-11H2,1-2H3. The second kappa shape index (κ2) is 7.84. The summed E-state index contributed by atoms with van der Waals surface area (Å²) in [5.74, 6) is -0.00130.